The van der Waals surface area contributed by atoms with Gasteiger partial charge in [0.2, 0.25) is 0 Å². The number of nitrogens with zero attached hydrogens (tertiary/aromatic N) is 4. The van der Waals surface area contributed by atoms with Crippen molar-refractivity contribution < 1.29 is 14.3 Å². The molecule has 0 radical (unpaired) electrons. The third-order valence-electron chi connectivity index (χ3n) is 7.50. The summed E-state index contributed by atoms with van der Waals surface area (Å²) in [6.07, 6.45) is 9.39. The molecule has 160 valence electrons. The monoisotopic (exact) mass is 411 g/mol. The van der Waals surface area contributed by atoms with Crippen LogP contribution >= 0.6 is 0 Å². The van der Waals surface area contributed by atoms with Crippen molar-refractivity contribution in [2.24, 2.45) is 23.2 Å². The van der Waals surface area contributed by atoms with Gasteiger partial charge < -0.3 is 10.1 Å². The van der Waals surface area contributed by atoms with Crippen LogP contribution in [0.15, 0.2) is 6.33 Å². The quantitative estimate of drug-likeness (QED) is 0.732. The van der Waals surface area contributed by atoms with Gasteiger partial charge in [-0.1, -0.05) is 0 Å². The molecule has 2 heterocycles. The number of fused-ring (bicyclic) bond motifs is 1. The predicted octanol–water partition coefficient (Wildman–Crippen LogP) is 2.16. The van der Waals surface area contributed by atoms with E-state index in [4.69, 9.17) is 4.74 Å². The highest BCUT2D eigenvalue weighted by atomic mass is 16.5. The molecular formula is C22H29N5O3. The lowest BCUT2D eigenvalue weighted by atomic mass is 9.49. The number of carbonyl (C=O) groups is 2. The fourth-order valence-corrected chi connectivity index (χ4v) is 6.60. The van der Waals surface area contributed by atoms with E-state index in [1.54, 1.807) is 4.52 Å². The van der Waals surface area contributed by atoms with E-state index in [1.807, 2.05) is 13.8 Å². The van der Waals surface area contributed by atoms with Crippen LogP contribution in [0.5, 0.6) is 0 Å². The van der Waals surface area contributed by atoms with Gasteiger partial charge in [-0.15, -0.1) is 0 Å². The lowest BCUT2D eigenvalue weighted by molar-refractivity contribution is -0.148. The third-order valence-corrected chi connectivity index (χ3v) is 7.50. The van der Waals surface area contributed by atoms with E-state index in [2.05, 4.69) is 20.4 Å². The van der Waals surface area contributed by atoms with Gasteiger partial charge in [-0.25, -0.2) is 9.50 Å². The lowest BCUT2D eigenvalue weighted by Crippen LogP contribution is -2.51. The smallest absolute Gasteiger partial charge is 0.310 e. The molecule has 2 aromatic rings. The second-order valence-electron chi connectivity index (χ2n) is 9.76. The molecule has 6 rings (SSSR count). The van der Waals surface area contributed by atoms with Crippen LogP contribution in [0.2, 0.25) is 0 Å². The predicted molar refractivity (Wildman–Crippen MR) is 109 cm³/mol. The molecule has 0 saturated heterocycles. The minimum atomic E-state index is -0.438. The molecule has 4 fully saturated rings. The molecule has 8 nitrogen and oxygen atoms in total. The van der Waals surface area contributed by atoms with Crippen LogP contribution < -0.4 is 5.32 Å². The summed E-state index contributed by atoms with van der Waals surface area (Å²) in [5, 5.41) is 7.18. The van der Waals surface area contributed by atoms with Crippen molar-refractivity contribution in [1.82, 2.24) is 24.9 Å². The molecule has 4 bridgehead atoms. The molecule has 0 spiro atoms. The molecule has 0 aliphatic heterocycles. The fourth-order valence-electron chi connectivity index (χ4n) is 6.60. The van der Waals surface area contributed by atoms with E-state index in [9.17, 15) is 9.59 Å². The average Bonchev–Trinajstić information content (AvgIpc) is 3.15. The van der Waals surface area contributed by atoms with Crippen LogP contribution in [0.4, 0.5) is 0 Å². The first kappa shape index (κ1) is 19.5. The van der Waals surface area contributed by atoms with Crippen molar-refractivity contribution >= 4 is 17.7 Å². The van der Waals surface area contributed by atoms with E-state index >= 15 is 0 Å². The third kappa shape index (κ3) is 3.56. The average molecular weight is 412 g/mol. The number of rotatable bonds is 6. The molecule has 30 heavy (non-hydrogen) atoms. The van der Waals surface area contributed by atoms with Crippen molar-refractivity contribution in [3.63, 3.8) is 0 Å². The number of aromatic nitrogens is 4. The number of carbonyl (C=O) groups excluding carboxylic acids is 2. The van der Waals surface area contributed by atoms with Crippen molar-refractivity contribution in [2.75, 3.05) is 13.2 Å². The SMILES string of the molecule is Cc1nc2ncnn2c(C)c1CC(=O)OCC(=O)NCC12CC3CC(CC(C3)C1)C2. The Morgan fingerprint density at radius 1 is 1.17 bits per heavy atom. The van der Waals surface area contributed by atoms with Crippen molar-refractivity contribution in [1.29, 1.82) is 0 Å². The van der Waals surface area contributed by atoms with Crippen LogP contribution in [0, 0.1) is 37.0 Å². The van der Waals surface area contributed by atoms with Gasteiger partial charge in [-0.2, -0.15) is 10.1 Å². The molecule has 0 atom stereocenters. The molecule has 1 N–H and O–H groups in total. The zero-order chi connectivity index (χ0) is 20.9. The number of esters is 1. The van der Waals surface area contributed by atoms with E-state index in [0.29, 0.717) is 5.78 Å². The summed E-state index contributed by atoms with van der Waals surface area (Å²) in [7, 11) is 0. The topological polar surface area (TPSA) is 98.5 Å². The maximum atomic E-state index is 12.3. The minimum Gasteiger partial charge on any atom is -0.455 e. The largest absolute Gasteiger partial charge is 0.455 e. The van der Waals surface area contributed by atoms with Crippen LogP contribution in [-0.2, 0) is 20.7 Å². The second kappa shape index (κ2) is 7.32. The zero-order valence-corrected chi connectivity index (χ0v) is 17.7. The number of amides is 1. The van der Waals surface area contributed by atoms with Gasteiger partial charge in [0, 0.05) is 23.5 Å². The zero-order valence-electron chi connectivity index (χ0n) is 17.7. The summed E-state index contributed by atoms with van der Waals surface area (Å²) >= 11 is 0. The van der Waals surface area contributed by atoms with Crippen LogP contribution in [0.3, 0.4) is 0 Å². The van der Waals surface area contributed by atoms with E-state index in [1.165, 1.54) is 44.9 Å². The summed E-state index contributed by atoms with van der Waals surface area (Å²) < 4.78 is 6.86. The van der Waals surface area contributed by atoms with Gasteiger partial charge >= 0.3 is 5.97 Å². The number of hydrogen-bond donors (Lipinski definition) is 1. The van der Waals surface area contributed by atoms with E-state index in [0.717, 1.165) is 41.2 Å². The lowest BCUT2D eigenvalue weighted by Gasteiger charge is -2.56. The van der Waals surface area contributed by atoms with Crippen LogP contribution in [0.1, 0.15) is 55.5 Å². The number of nitrogens with one attached hydrogen (secondary N) is 1. The Labute approximate surface area is 175 Å². The highest BCUT2D eigenvalue weighted by molar-refractivity contribution is 5.81. The second-order valence-corrected chi connectivity index (χ2v) is 9.76. The molecule has 8 heteroatoms. The molecule has 4 aliphatic rings. The van der Waals surface area contributed by atoms with Gasteiger partial charge in [-0.05, 0) is 75.5 Å². The first-order chi connectivity index (χ1) is 14.4. The Bertz CT molecular complexity index is 963. The maximum Gasteiger partial charge on any atom is 0.310 e. The molecule has 4 saturated carbocycles. The molecule has 4 aliphatic carbocycles. The number of ether oxygens (including phenoxy) is 1. The standard InChI is InChI=1S/C22H29N5O3/c1-13-18(14(2)27-21(26-13)24-12-25-27)6-20(29)30-10-19(28)23-11-22-7-15-3-16(8-22)5-17(4-15)9-22/h12,15-17H,3-11H2,1-2H3,(H,23,28). The summed E-state index contributed by atoms with van der Waals surface area (Å²) in [4.78, 5) is 33.1. The highest BCUT2D eigenvalue weighted by Crippen LogP contribution is 2.59. The Hall–Kier alpha value is -2.51. The van der Waals surface area contributed by atoms with Gasteiger partial charge in [0.1, 0.15) is 6.33 Å². The molecule has 0 unspecified atom stereocenters. The highest BCUT2D eigenvalue weighted by Gasteiger charge is 2.50. The van der Waals surface area contributed by atoms with Crippen LogP contribution in [0.25, 0.3) is 5.78 Å². The van der Waals surface area contributed by atoms with Crippen LogP contribution in [-0.4, -0.2) is 44.6 Å². The Balaban J connectivity index is 1.13. The number of hydrogen-bond acceptors (Lipinski definition) is 6. The maximum absolute atomic E-state index is 12.3. The van der Waals surface area contributed by atoms with Gasteiger partial charge in [0.15, 0.2) is 6.61 Å². The van der Waals surface area contributed by atoms with Gasteiger partial charge in [0.05, 0.1) is 6.42 Å². The number of aryl methyl sites for hydroxylation is 2. The molecular weight excluding hydrogens is 382 g/mol. The van der Waals surface area contributed by atoms with Gasteiger partial charge in [-0.3, -0.25) is 9.59 Å². The Morgan fingerprint density at radius 2 is 1.83 bits per heavy atom. The summed E-state index contributed by atoms with van der Waals surface area (Å²) in [5.41, 5.74) is 2.56. The normalized spacial score (nSPS) is 29.3. The summed E-state index contributed by atoms with van der Waals surface area (Å²) in [6.45, 7) is 4.19. The Kier molecular flexibility index (Phi) is 4.75. The Morgan fingerprint density at radius 3 is 2.50 bits per heavy atom. The summed E-state index contributed by atoms with van der Waals surface area (Å²) in [5.74, 6) is 2.42. The minimum absolute atomic E-state index is 0.0583. The molecule has 1 amide bonds. The van der Waals surface area contributed by atoms with Crippen molar-refractivity contribution in [3.05, 3.63) is 23.3 Å². The van der Waals surface area contributed by atoms with E-state index < -0.39 is 5.97 Å². The first-order valence-electron chi connectivity index (χ1n) is 11.0. The summed E-state index contributed by atoms with van der Waals surface area (Å²) in [6, 6.07) is 0. The first-order valence-corrected chi connectivity index (χ1v) is 11.0. The molecule has 2 aromatic heterocycles. The van der Waals surface area contributed by atoms with Crippen molar-refractivity contribution in [2.45, 2.75) is 58.8 Å². The van der Waals surface area contributed by atoms with Crippen molar-refractivity contribution in [3.8, 4) is 0 Å². The fraction of sp³-hybridized carbons (Fsp3) is 0.682. The van der Waals surface area contributed by atoms with Gasteiger partial charge in [0.25, 0.3) is 11.7 Å². The molecule has 0 aromatic carbocycles. The van der Waals surface area contributed by atoms with E-state index in [-0.39, 0.29) is 24.3 Å².